The molecule has 0 radical (unpaired) electrons. The van der Waals surface area contributed by atoms with E-state index in [1.54, 1.807) is 0 Å². The first kappa shape index (κ1) is 46.8. The number of benzene rings is 13. The lowest BCUT2D eigenvalue weighted by Crippen LogP contribution is -2.26. The van der Waals surface area contributed by atoms with Crippen LogP contribution in [0.5, 0.6) is 0 Å². The molecule has 0 N–H and O–H groups in total. The maximum atomic E-state index is 2.53. The fourth-order valence-electron chi connectivity index (χ4n) is 15.9. The van der Waals surface area contributed by atoms with Crippen LogP contribution in [-0.4, -0.2) is 0 Å². The monoisotopic (exact) mass is 1030 g/mol. The molecule has 0 aromatic heterocycles. The van der Waals surface area contributed by atoms with E-state index in [2.05, 4.69) is 285 Å². The molecule has 4 aliphatic rings. The minimum atomic E-state index is -0.497. The summed E-state index contributed by atoms with van der Waals surface area (Å²) < 4.78 is 0. The van der Waals surface area contributed by atoms with Gasteiger partial charge in [-0.25, -0.2) is 0 Å². The SMILES string of the molecule is CC(C)(C)c1cc2ccc3cc4c(c5ccc(c1)c2c35)-c1ccc(-c2cccc(-c3ccc5c(c3)C3(c6ccccc6-c6ccccc63)c3cc(-c6cccc(-c7ccc8c(c7)C(C)(C)c7ccccc7-8)c6)ccc3-5)c2)cc1C4(C)C. The minimum absolute atomic E-state index is 0.0591. The van der Waals surface area contributed by atoms with Crippen LogP contribution in [0.15, 0.2) is 237 Å². The second-order valence-electron chi connectivity index (χ2n) is 26.0. The highest BCUT2D eigenvalue weighted by molar-refractivity contribution is 6.27. The summed E-state index contributed by atoms with van der Waals surface area (Å²) in [6, 6.07) is 91.7. The van der Waals surface area contributed by atoms with E-state index in [-0.39, 0.29) is 16.2 Å². The second kappa shape index (κ2) is 16.1. The topological polar surface area (TPSA) is 0 Å². The van der Waals surface area contributed by atoms with Gasteiger partial charge < -0.3 is 0 Å². The van der Waals surface area contributed by atoms with Crippen molar-refractivity contribution >= 4 is 32.3 Å². The van der Waals surface area contributed by atoms with Gasteiger partial charge in [-0.3, -0.25) is 0 Å². The molecule has 1 spiro atoms. The molecule has 0 unspecified atom stereocenters. The van der Waals surface area contributed by atoms with Gasteiger partial charge in [0.2, 0.25) is 0 Å². The van der Waals surface area contributed by atoms with E-state index in [4.69, 9.17) is 0 Å². The van der Waals surface area contributed by atoms with Crippen molar-refractivity contribution in [3.05, 3.63) is 287 Å². The van der Waals surface area contributed by atoms with Crippen LogP contribution in [0, 0.1) is 0 Å². The quantitative estimate of drug-likeness (QED) is 0.154. The Kier molecular flexibility index (Phi) is 9.27. The molecule has 81 heavy (non-hydrogen) atoms. The van der Waals surface area contributed by atoms with Crippen molar-refractivity contribution in [3.8, 4) is 89.0 Å². The van der Waals surface area contributed by atoms with Gasteiger partial charge in [0.15, 0.2) is 0 Å². The molecule has 0 saturated heterocycles. The predicted octanol–water partition coefficient (Wildman–Crippen LogP) is 21.5. The van der Waals surface area contributed by atoms with Crippen LogP contribution in [0.1, 0.15) is 98.5 Å². The third kappa shape index (κ3) is 6.26. The first-order valence-electron chi connectivity index (χ1n) is 29.1. The summed E-state index contributed by atoms with van der Waals surface area (Å²) in [6.07, 6.45) is 0. The van der Waals surface area contributed by atoms with Crippen molar-refractivity contribution in [3.63, 3.8) is 0 Å². The summed E-state index contributed by atoms with van der Waals surface area (Å²) in [7, 11) is 0. The number of fused-ring (bicyclic) bond motifs is 17. The standard InChI is InChI=1S/C81H60/c1-78(2,3)58-40-55-26-27-57-46-74-77(66-37-32-56(41-58)75(55)76(57)66)65-36-31-52(43-71(65)80(74,6)7)48-17-15-19-50(39-48)54-30-35-64-63-34-29-53(44-72(63)81(73(64)45-54)68-24-12-9-21-60(68)61-22-10-13-25-69(61)81)49-18-14-16-47(38-49)51-28-33-62-59-20-8-11-23-67(59)79(4,5)70(62)42-51/h8-46H,1-7H3. The molecular formula is C81H60. The van der Waals surface area contributed by atoms with E-state index in [0.29, 0.717) is 0 Å². The van der Waals surface area contributed by atoms with Crippen molar-refractivity contribution in [2.45, 2.75) is 70.1 Å². The van der Waals surface area contributed by atoms with Crippen LogP contribution < -0.4 is 0 Å². The first-order chi connectivity index (χ1) is 39.3. The fraction of sp³-hybridized carbons (Fsp3) is 0.136. The Bertz CT molecular complexity index is 4840. The lowest BCUT2D eigenvalue weighted by molar-refractivity contribution is 0.591. The maximum absolute atomic E-state index is 2.53. The van der Waals surface area contributed by atoms with Crippen LogP contribution in [0.25, 0.3) is 121 Å². The van der Waals surface area contributed by atoms with E-state index in [0.717, 1.165) is 0 Å². The van der Waals surface area contributed by atoms with Gasteiger partial charge in [0.05, 0.1) is 5.41 Å². The molecular weight excluding hydrogens is 973 g/mol. The van der Waals surface area contributed by atoms with Crippen molar-refractivity contribution in [1.29, 1.82) is 0 Å². The minimum Gasteiger partial charge on any atom is -0.0619 e. The highest BCUT2D eigenvalue weighted by Crippen LogP contribution is 2.64. The van der Waals surface area contributed by atoms with Crippen molar-refractivity contribution in [2.75, 3.05) is 0 Å². The zero-order valence-electron chi connectivity index (χ0n) is 47.0. The molecule has 0 aliphatic heterocycles. The predicted molar refractivity (Wildman–Crippen MR) is 342 cm³/mol. The normalized spacial score (nSPS) is 15.1. The van der Waals surface area contributed by atoms with Gasteiger partial charge in [-0.15, -0.1) is 0 Å². The van der Waals surface area contributed by atoms with E-state index in [9.17, 15) is 0 Å². The van der Waals surface area contributed by atoms with Crippen molar-refractivity contribution in [1.82, 2.24) is 0 Å². The molecule has 0 heteroatoms. The second-order valence-corrected chi connectivity index (χ2v) is 26.0. The van der Waals surface area contributed by atoms with Crippen LogP contribution in [0.2, 0.25) is 0 Å². The Labute approximate surface area is 475 Å². The maximum Gasteiger partial charge on any atom is 0.0725 e. The van der Waals surface area contributed by atoms with E-state index in [1.165, 1.54) is 171 Å². The van der Waals surface area contributed by atoms with Crippen LogP contribution in [0.3, 0.4) is 0 Å². The van der Waals surface area contributed by atoms with Crippen molar-refractivity contribution in [2.24, 2.45) is 0 Å². The molecule has 0 bridgehead atoms. The van der Waals surface area contributed by atoms with E-state index in [1.807, 2.05) is 0 Å². The Morgan fingerprint density at radius 3 is 1.14 bits per heavy atom. The molecule has 4 aliphatic carbocycles. The molecule has 17 rings (SSSR count). The molecule has 13 aromatic carbocycles. The lowest BCUT2D eigenvalue weighted by Gasteiger charge is -2.31. The zero-order valence-corrected chi connectivity index (χ0v) is 47.0. The largest absolute Gasteiger partial charge is 0.0725 e. The molecule has 0 heterocycles. The molecule has 13 aromatic rings. The molecule has 0 atom stereocenters. The summed E-state index contributed by atoms with van der Waals surface area (Å²) in [5, 5.41) is 8.13. The summed E-state index contributed by atoms with van der Waals surface area (Å²) in [5.41, 5.74) is 32.3. The van der Waals surface area contributed by atoms with E-state index < -0.39 is 5.41 Å². The third-order valence-electron chi connectivity index (χ3n) is 20.0. The summed E-state index contributed by atoms with van der Waals surface area (Å²) in [6.45, 7) is 16.5. The molecule has 384 valence electrons. The van der Waals surface area contributed by atoms with Crippen LogP contribution in [-0.2, 0) is 21.7 Å². The Hall–Kier alpha value is -9.10. The zero-order chi connectivity index (χ0) is 54.5. The number of hydrogen-bond donors (Lipinski definition) is 0. The highest BCUT2D eigenvalue weighted by atomic mass is 14.5. The van der Waals surface area contributed by atoms with Crippen LogP contribution >= 0.6 is 0 Å². The smallest absolute Gasteiger partial charge is 0.0619 e. The van der Waals surface area contributed by atoms with Gasteiger partial charge in [0.1, 0.15) is 0 Å². The number of rotatable bonds is 4. The average Bonchev–Trinajstić information content (AvgIpc) is 1.88. The average molecular weight is 1030 g/mol. The van der Waals surface area contributed by atoms with E-state index >= 15 is 0 Å². The fourth-order valence-corrected chi connectivity index (χ4v) is 15.9. The summed E-state index contributed by atoms with van der Waals surface area (Å²) >= 11 is 0. The Morgan fingerprint density at radius 2 is 0.630 bits per heavy atom. The van der Waals surface area contributed by atoms with Gasteiger partial charge in [-0.2, -0.15) is 0 Å². The lowest BCUT2D eigenvalue weighted by atomic mass is 9.70. The third-order valence-corrected chi connectivity index (χ3v) is 20.0. The van der Waals surface area contributed by atoms with Gasteiger partial charge in [-0.05, 0) is 219 Å². The van der Waals surface area contributed by atoms with Crippen LogP contribution in [0.4, 0.5) is 0 Å². The number of hydrogen-bond acceptors (Lipinski definition) is 0. The summed E-state index contributed by atoms with van der Waals surface area (Å²) in [5.74, 6) is 0. The molecule has 0 fully saturated rings. The van der Waals surface area contributed by atoms with Gasteiger partial charge >= 0.3 is 0 Å². The van der Waals surface area contributed by atoms with Gasteiger partial charge in [0.25, 0.3) is 0 Å². The highest BCUT2D eigenvalue weighted by Gasteiger charge is 2.52. The molecule has 0 amide bonds. The summed E-state index contributed by atoms with van der Waals surface area (Å²) in [4.78, 5) is 0. The first-order valence-corrected chi connectivity index (χ1v) is 29.1. The van der Waals surface area contributed by atoms with Gasteiger partial charge in [0, 0.05) is 10.8 Å². The Morgan fingerprint density at radius 1 is 0.259 bits per heavy atom. The Balaban J connectivity index is 0.767. The van der Waals surface area contributed by atoms with Crippen molar-refractivity contribution < 1.29 is 0 Å². The van der Waals surface area contributed by atoms with Gasteiger partial charge in [-0.1, -0.05) is 243 Å². The molecule has 0 nitrogen and oxygen atoms in total. The molecule has 0 saturated carbocycles.